The maximum atomic E-state index is 13.3. The van der Waals surface area contributed by atoms with Crippen LogP contribution >= 0.6 is 0 Å². The van der Waals surface area contributed by atoms with Crippen molar-refractivity contribution < 1.29 is 22.7 Å². The minimum absolute atomic E-state index is 0.0355. The number of halogens is 3. The first kappa shape index (κ1) is 19.0. The first-order valence-electron chi connectivity index (χ1n) is 9.24. The predicted molar refractivity (Wildman–Crippen MR) is 97.3 cm³/mol. The van der Waals surface area contributed by atoms with Crippen LogP contribution in [-0.4, -0.2) is 36.6 Å². The summed E-state index contributed by atoms with van der Waals surface area (Å²) in [6, 6.07) is 15.3. The Morgan fingerprint density at radius 1 is 1.11 bits per heavy atom. The van der Waals surface area contributed by atoms with Crippen LogP contribution in [0, 0.1) is 0 Å². The quantitative estimate of drug-likeness (QED) is 0.874. The Bertz CT molecular complexity index is 856. The van der Waals surface area contributed by atoms with Crippen LogP contribution in [0.15, 0.2) is 54.6 Å². The Labute approximate surface area is 161 Å². The summed E-state index contributed by atoms with van der Waals surface area (Å²) in [6.07, 6.45) is -4.13. The van der Waals surface area contributed by atoms with E-state index in [1.54, 1.807) is 6.07 Å². The van der Waals surface area contributed by atoms with E-state index in [1.165, 1.54) is 12.1 Å². The molecule has 1 amide bonds. The van der Waals surface area contributed by atoms with E-state index in [4.69, 9.17) is 4.74 Å². The van der Waals surface area contributed by atoms with Crippen molar-refractivity contribution in [3.63, 3.8) is 0 Å². The molecule has 0 saturated carbocycles. The van der Waals surface area contributed by atoms with Gasteiger partial charge < -0.3 is 10.1 Å². The number of ether oxygens (including phenoxy) is 1. The molecule has 2 aromatic carbocycles. The molecule has 2 fully saturated rings. The van der Waals surface area contributed by atoms with Gasteiger partial charge in [0.1, 0.15) is 6.61 Å². The molecular formula is C21H21F3N2O2. The van der Waals surface area contributed by atoms with E-state index in [0.717, 1.165) is 11.6 Å². The van der Waals surface area contributed by atoms with Crippen molar-refractivity contribution >= 4 is 5.91 Å². The number of hydrogen-bond acceptors (Lipinski definition) is 3. The van der Waals surface area contributed by atoms with E-state index in [0.29, 0.717) is 19.5 Å². The van der Waals surface area contributed by atoms with Crippen LogP contribution in [0.2, 0.25) is 0 Å². The van der Waals surface area contributed by atoms with Crippen LogP contribution in [-0.2, 0) is 27.8 Å². The highest BCUT2D eigenvalue weighted by molar-refractivity contribution is 5.79. The van der Waals surface area contributed by atoms with Crippen LogP contribution in [0.25, 0.3) is 0 Å². The minimum Gasteiger partial charge on any atom is -0.364 e. The monoisotopic (exact) mass is 390 g/mol. The van der Waals surface area contributed by atoms with Crippen molar-refractivity contribution in [1.29, 1.82) is 0 Å². The van der Waals surface area contributed by atoms with E-state index in [1.807, 2.05) is 35.2 Å². The first-order chi connectivity index (χ1) is 13.4. The molecule has 4 nitrogen and oxygen atoms in total. The van der Waals surface area contributed by atoms with Gasteiger partial charge in [-0.15, -0.1) is 0 Å². The summed E-state index contributed by atoms with van der Waals surface area (Å²) in [5.74, 6) is -0.170. The number of benzene rings is 2. The molecular weight excluding hydrogens is 369 g/mol. The predicted octanol–water partition coefficient (Wildman–Crippen LogP) is 3.32. The number of rotatable bonds is 3. The van der Waals surface area contributed by atoms with Crippen molar-refractivity contribution in [3.05, 3.63) is 71.3 Å². The van der Waals surface area contributed by atoms with Gasteiger partial charge in [0.05, 0.1) is 17.2 Å². The lowest BCUT2D eigenvalue weighted by atomic mass is 9.77. The molecule has 0 radical (unpaired) electrons. The summed E-state index contributed by atoms with van der Waals surface area (Å²) >= 11 is 0. The number of carbonyl (C=O) groups is 1. The Morgan fingerprint density at radius 3 is 2.57 bits per heavy atom. The van der Waals surface area contributed by atoms with Gasteiger partial charge in [-0.25, -0.2) is 0 Å². The van der Waals surface area contributed by atoms with E-state index in [2.05, 4.69) is 5.32 Å². The smallest absolute Gasteiger partial charge is 0.364 e. The fourth-order valence-corrected chi connectivity index (χ4v) is 4.23. The lowest BCUT2D eigenvalue weighted by Gasteiger charge is -2.50. The molecule has 0 aromatic heterocycles. The van der Waals surface area contributed by atoms with Gasteiger partial charge >= 0.3 is 6.18 Å². The number of fused-ring (bicyclic) bond motifs is 1. The molecule has 4 rings (SSSR count). The molecule has 2 aromatic rings. The summed E-state index contributed by atoms with van der Waals surface area (Å²) in [4.78, 5) is 14.0. The largest absolute Gasteiger partial charge is 0.416 e. The summed E-state index contributed by atoms with van der Waals surface area (Å²) in [6.45, 7) is 1.16. The van der Waals surface area contributed by atoms with Gasteiger partial charge in [-0.05, 0) is 23.6 Å². The molecule has 2 aliphatic heterocycles. The number of hydrogen-bond donors (Lipinski definition) is 1. The summed E-state index contributed by atoms with van der Waals surface area (Å²) < 4.78 is 45.8. The number of piperidine rings is 1. The zero-order valence-corrected chi connectivity index (χ0v) is 15.2. The molecule has 0 aliphatic carbocycles. The van der Waals surface area contributed by atoms with Gasteiger partial charge in [0.2, 0.25) is 5.91 Å². The third-order valence-corrected chi connectivity index (χ3v) is 5.58. The lowest BCUT2D eigenvalue weighted by Crippen LogP contribution is -2.66. The van der Waals surface area contributed by atoms with Gasteiger partial charge in [-0.3, -0.25) is 9.69 Å². The van der Waals surface area contributed by atoms with Crippen LogP contribution < -0.4 is 5.32 Å². The van der Waals surface area contributed by atoms with Crippen molar-refractivity contribution in [2.75, 3.05) is 19.7 Å². The number of nitrogens with zero attached hydrogens (tertiary/aromatic N) is 1. The molecule has 7 heteroatoms. The maximum Gasteiger partial charge on any atom is 0.416 e. The number of carbonyl (C=O) groups excluding carboxylic acids is 1. The molecule has 2 saturated heterocycles. The summed E-state index contributed by atoms with van der Waals surface area (Å²) in [7, 11) is 0. The molecule has 148 valence electrons. The fraction of sp³-hybridized carbons (Fsp3) is 0.381. The third kappa shape index (κ3) is 3.52. The second-order valence-electron chi connectivity index (χ2n) is 7.33. The number of alkyl halides is 3. The Kier molecular flexibility index (Phi) is 4.89. The molecule has 2 aliphatic rings. The maximum absolute atomic E-state index is 13.3. The highest BCUT2D eigenvalue weighted by Gasteiger charge is 2.49. The Morgan fingerprint density at radius 2 is 1.82 bits per heavy atom. The average Bonchev–Trinajstić information content (AvgIpc) is 2.68. The SMILES string of the molecule is O=C1CO[C@@H]2CN(Cc3ccccc3C(F)(F)F)CC[C@@]2(c2ccccc2)N1. The average molecular weight is 390 g/mol. The zero-order chi connectivity index (χ0) is 19.8. The van der Waals surface area contributed by atoms with Gasteiger partial charge in [0.25, 0.3) is 0 Å². The highest BCUT2D eigenvalue weighted by atomic mass is 19.4. The van der Waals surface area contributed by atoms with E-state index in [9.17, 15) is 18.0 Å². The number of nitrogens with one attached hydrogen (secondary N) is 1. The molecule has 0 bridgehead atoms. The fourth-order valence-electron chi connectivity index (χ4n) is 4.23. The van der Waals surface area contributed by atoms with Gasteiger partial charge in [0.15, 0.2) is 0 Å². The van der Waals surface area contributed by atoms with Crippen LogP contribution in [0.4, 0.5) is 13.2 Å². The zero-order valence-electron chi connectivity index (χ0n) is 15.2. The van der Waals surface area contributed by atoms with E-state index < -0.39 is 17.3 Å². The van der Waals surface area contributed by atoms with Crippen molar-refractivity contribution in [2.24, 2.45) is 0 Å². The molecule has 0 spiro atoms. The minimum atomic E-state index is -4.38. The standard InChI is InChI=1S/C21H21F3N2O2/c22-21(23,24)17-9-5-4-6-15(17)12-26-11-10-20(16-7-2-1-3-8-16)18(13-26)28-14-19(27)25-20/h1-9,18H,10-14H2,(H,25,27)/t18-,20+/m1/s1. The highest BCUT2D eigenvalue weighted by Crippen LogP contribution is 2.38. The lowest BCUT2D eigenvalue weighted by molar-refractivity contribution is -0.153. The van der Waals surface area contributed by atoms with Crippen LogP contribution in [0.3, 0.4) is 0 Å². The topological polar surface area (TPSA) is 41.6 Å². The second kappa shape index (κ2) is 7.22. The van der Waals surface area contributed by atoms with Crippen molar-refractivity contribution in [3.8, 4) is 0 Å². The summed E-state index contributed by atoms with van der Waals surface area (Å²) in [5.41, 5.74) is -0.0328. The number of morpholine rings is 1. The van der Waals surface area contributed by atoms with Crippen molar-refractivity contribution in [2.45, 2.75) is 30.8 Å². The first-order valence-corrected chi connectivity index (χ1v) is 9.24. The van der Waals surface area contributed by atoms with E-state index >= 15 is 0 Å². The molecule has 28 heavy (non-hydrogen) atoms. The normalized spacial score (nSPS) is 25.8. The Hall–Kier alpha value is -2.38. The van der Waals surface area contributed by atoms with Crippen molar-refractivity contribution in [1.82, 2.24) is 10.2 Å². The number of amides is 1. The number of likely N-dealkylation sites (tertiary alicyclic amines) is 1. The second-order valence-corrected chi connectivity index (χ2v) is 7.33. The van der Waals surface area contributed by atoms with Gasteiger partial charge in [-0.2, -0.15) is 13.2 Å². The van der Waals surface area contributed by atoms with E-state index in [-0.39, 0.29) is 30.7 Å². The van der Waals surface area contributed by atoms with Crippen LogP contribution in [0.5, 0.6) is 0 Å². The van der Waals surface area contributed by atoms with Gasteiger partial charge in [0, 0.05) is 19.6 Å². The summed E-state index contributed by atoms with van der Waals surface area (Å²) in [5, 5.41) is 3.10. The van der Waals surface area contributed by atoms with Gasteiger partial charge in [-0.1, -0.05) is 48.5 Å². The molecule has 0 unspecified atom stereocenters. The molecule has 2 atom stereocenters. The molecule has 1 N–H and O–H groups in total. The van der Waals surface area contributed by atoms with Crippen LogP contribution in [0.1, 0.15) is 23.1 Å². The Balaban J connectivity index is 1.58. The third-order valence-electron chi connectivity index (χ3n) is 5.58. The molecule has 2 heterocycles.